The van der Waals surface area contributed by atoms with Crippen LogP contribution in [0.1, 0.15) is 125 Å². The summed E-state index contributed by atoms with van der Waals surface area (Å²) in [6.45, 7) is 14.4. The maximum absolute atomic E-state index is 3.19. The van der Waals surface area contributed by atoms with Gasteiger partial charge in [0.15, 0.2) is 0 Å². The van der Waals surface area contributed by atoms with Crippen molar-refractivity contribution in [2.75, 3.05) is 6.54 Å². The van der Waals surface area contributed by atoms with Crippen LogP contribution in [0.15, 0.2) is 0 Å². The Morgan fingerprint density at radius 3 is 2.43 bits per heavy atom. The van der Waals surface area contributed by atoms with Crippen LogP contribution in [-0.4, -0.2) is 39.5 Å². The predicted molar refractivity (Wildman–Crippen MR) is 146 cm³/mol. The molecule has 196 valence electrons. The second kappa shape index (κ2) is 8.23. The predicted octanol–water partition coefficient (Wildman–Crippen LogP) is 7.75. The Bertz CT molecular complexity index is 876. The zero-order chi connectivity index (χ0) is 24.1. The van der Waals surface area contributed by atoms with E-state index in [4.69, 9.17) is 0 Å². The van der Waals surface area contributed by atoms with Gasteiger partial charge in [-0.25, -0.2) is 0 Å². The van der Waals surface area contributed by atoms with Crippen molar-refractivity contribution in [1.82, 2.24) is 4.90 Å². The van der Waals surface area contributed by atoms with Crippen LogP contribution in [0.25, 0.3) is 0 Å². The second-order valence-corrected chi connectivity index (χ2v) is 15.0. The number of rotatable bonds is 5. The van der Waals surface area contributed by atoms with Crippen LogP contribution in [0, 0.1) is 52.8 Å². The van der Waals surface area contributed by atoms with Crippen LogP contribution in [0.2, 0.25) is 0 Å². The molecular formula is C33H55N2+. The maximum atomic E-state index is 3.19. The van der Waals surface area contributed by atoms with Crippen LogP contribution in [0.5, 0.6) is 0 Å². The van der Waals surface area contributed by atoms with Gasteiger partial charge in [-0.3, -0.25) is 9.48 Å². The fourth-order valence-electron chi connectivity index (χ4n) is 12.6. The average molecular weight is 480 g/mol. The Kier molecular flexibility index (Phi) is 5.55. The molecule has 0 aromatic heterocycles. The minimum absolute atomic E-state index is 0.337. The fourth-order valence-corrected chi connectivity index (χ4v) is 12.6. The van der Waals surface area contributed by atoms with E-state index in [0.29, 0.717) is 11.0 Å². The van der Waals surface area contributed by atoms with Crippen molar-refractivity contribution in [2.45, 2.75) is 142 Å². The van der Waals surface area contributed by atoms with E-state index in [2.05, 4.69) is 44.1 Å². The molecular weight excluding hydrogens is 424 g/mol. The van der Waals surface area contributed by atoms with Crippen LogP contribution < -0.4 is 0 Å². The molecule has 35 heavy (non-hydrogen) atoms. The zero-order valence-corrected chi connectivity index (χ0v) is 23.8. The van der Waals surface area contributed by atoms with Crippen molar-refractivity contribution >= 4 is 5.84 Å². The van der Waals surface area contributed by atoms with Gasteiger partial charge in [-0.05, 0) is 107 Å². The minimum atomic E-state index is 0.337. The van der Waals surface area contributed by atoms with E-state index in [1.165, 1.54) is 70.8 Å². The van der Waals surface area contributed by atoms with Gasteiger partial charge in [-0.1, -0.05) is 53.4 Å². The fraction of sp³-hybridized carbons (Fsp3) is 0.970. The molecule has 4 saturated carbocycles. The summed E-state index contributed by atoms with van der Waals surface area (Å²) in [6, 6.07) is 1.65. The van der Waals surface area contributed by atoms with E-state index in [-0.39, 0.29) is 0 Å². The molecule has 2 nitrogen and oxygen atoms in total. The highest BCUT2D eigenvalue weighted by Gasteiger charge is 2.75. The third-order valence-corrected chi connectivity index (χ3v) is 14.5. The first-order valence-electron chi connectivity index (χ1n) is 16.4. The molecule has 12 unspecified atom stereocenters. The van der Waals surface area contributed by atoms with Gasteiger partial charge < -0.3 is 0 Å². The Morgan fingerprint density at radius 2 is 1.66 bits per heavy atom. The highest BCUT2D eigenvalue weighted by Crippen LogP contribution is 2.69. The summed E-state index contributed by atoms with van der Waals surface area (Å²) >= 11 is 0. The van der Waals surface area contributed by atoms with E-state index in [1.807, 2.05) is 5.84 Å². The van der Waals surface area contributed by atoms with Gasteiger partial charge in [0.05, 0.1) is 12.5 Å². The molecule has 4 aliphatic carbocycles. The first-order valence-corrected chi connectivity index (χ1v) is 16.4. The van der Waals surface area contributed by atoms with Gasteiger partial charge >= 0.3 is 0 Å². The summed E-state index contributed by atoms with van der Waals surface area (Å²) in [5.41, 5.74) is 0.793. The minimum Gasteiger partial charge on any atom is -0.258 e. The molecule has 0 aromatic carbocycles. The number of amidine groups is 1. The summed E-state index contributed by atoms with van der Waals surface area (Å²) in [6.07, 6.45) is 20.8. The quantitative estimate of drug-likeness (QED) is 0.365. The van der Waals surface area contributed by atoms with Crippen molar-refractivity contribution in [3.8, 4) is 0 Å². The molecule has 7 rings (SSSR count). The normalized spacial score (nSPS) is 53.9. The van der Waals surface area contributed by atoms with Crippen molar-refractivity contribution in [1.29, 1.82) is 0 Å². The van der Waals surface area contributed by atoms with Crippen molar-refractivity contribution in [2.24, 2.45) is 52.8 Å². The molecule has 5 fully saturated rings. The standard InChI is InChI=1S/C33H55N2/c1-6-9-12-21-15-16-22-24(19-21)23-17-18-26-30-29(23)25(22)20-34-27-13-10-11-14-28(27)35(31(30)34)33(5,8-3)32(26,4)7-2/h21-30H,6-20H2,1-5H3/q+1. The Morgan fingerprint density at radius 1 is 0.857 bits per heavy atom. The maximum Gasteiger partial charge on any atom is 0.251 e. The van der Waals surface area contributed by atoms with Crippen molar-refractivity contribution in [3.05, 3.63) is 0 Å². The van der Waals surface area contributed by atoms with E-state index >= 15 is 0 Å². The molecule has 1 saturated heterocycles. The number of fused-ring (bicyclic) bond motifs is 6. The Hall–Kier alpha value is -0.530. The molecule has 3 heterocycles. The van der Waals surface area contributed by atoms with Crippen molar-refractivity contribution < 1.29 is 4.58 Å². The SMILES string of the molecule is CCCCC1CCC2C(C1)C1CCC3C4C5=[N+](CC2C14)C1CCCCC1N5C(C)(CC)C3(C)CC. The molecule has 0 bridgehead atoms. The molecule has 0 N–H and O–H groups in total. The lowest BCUT2D eigenvalue weighted by atomic mass is 9.47. The van der Waals surface area contributed by atoms with Crippen LogP contribution in [0.3, 0.4) is 0 Å². The third-order valence-electron chi connectivity index (χ3n) is 14.5. The highest BCUT2D eigenvalue weighted by molar-refractivity contribution is 5.85. The smallest absolute Gasteiger partial charge is 0.251 e. The zero-order valence-electron chi connectivity index (χ0n) is 23.8. The number of unbranched alkanes of at least 4 members (excludes halogenated alkanes) is 1. The van der Waals surface area contributed by atoms with Crippen LogP contribution in [-0.2, 0) is 0 Å². The molecule has 3 aliphatic heterocycles. The molecule has 0 amide bonds. The average Bonchev–Trinajstić information content (AvgIpc) is 3.40. The lowest BCUT2D eigenvalue weighted by molar-refractivity contribution is -0.579. The number of piperidine rings is 1. The summed E-state index contributed by atoms with van der Waals surface area (Å²) in [7, 11) is 0. The monoisotopic (exact) mass is 479 g/mol. The van der Waals surface area contributed by atoms with Crippen LogP contribution in [0.4, 0.5) is 0 Å². The lowest BCUT2D eigenvalue weighted by Crippen LogP contribution is -2.72. The van der Waals surface area contributed by atoms with E-state index < -0.39 is 0 Å². The number of nitrogens with zero attached hydrogens (tertiary/aromatic N) is 2. The molecule has 7 aliphatic rings. The molecule has 0 aromatic rings. The molecule has 12 atom stereocenters. The van der Waals surface area contributed by atoms with E-state index in [1.54, 1.807) is 25.7 Å². The van der Waals surface area contributed by atoms with Crippen LogP contribution >= 0.6 is 0 Å². The van der Waals surface area contributed by atoms with Gasteiger partial charge in [0.2, 0.25) is 0 Å². The van der Waals surface area contributed by atoms with Gasteiger partial charge in [0.25, 0.3) is 5.84 Å². The van der Waals surface area contributed by atoms with Gasteiger partial charge in [0, 0.05) is 11.3 Å². The third kappa shape index (κ3) is 2.87. The summed E-state index contributed by atoms with van der Waals surface area (Å²) < 4.78 is 3.14. The van der Waals surface area contributed by atoms with E-state index in [0.717, 1.165) is 59.4 Å². The highest BCUT2D eigenvalue weighted by atomic mass is 15.4. The molecule has 2 heteroatoms. The Balaban J connectivity index is 1.33. The summed E-state index contributed by atoms with van der Waals surface area (Å²) in [4.78, 5) is 3.19. The van der Waals surface area contributed by atoms with Gasteiger partial charge in [-0.2, -0.15) is 0 Å². The first-order chi connectivity index (χ1) is 17.0. The van der Waals surface area contributed by atoms with Gasteiger partial charge in [-0.15, -0.1) is 0 Å². The van der Waals surface area contributed by atoms with Crippen molar-refractivity contribution in [3.63, 3.8) is 0 Å². The first kappa shape index (κ1) is 23.6. The summed E-state index contributed by atoms with van der Waals surface area (Å²) in [5.74, 6) is 10.0. The number of hydrogen-bond acceptors (Lipinski definition) is 1. The van der Waals surface area contributed by atoms with E-state index in [9.17, 15) is 0 Å². The Labute approximate surface area is 216 Å². The molecule has 0 radical (unpaired) electrons. The summed E-state index contributed by atoms with van der Waals surface area (Å²) in [5, 5.41) is 0. The molecule has 0 spiro atoms. The lowest BCUT2D eigenvalue weighted by Gasteiger charge is -2.63. The number of hydrogen-bond donors (Lipinski definition) is 0. The van der Waals surface area contributed by atoms with Gasteiger partial charge in [0.1, 0.15) is 17.6 Å². The topological polar surface area (TPSA) is 6.25 Å². The largest absolute Gasteiger partial charge is 0.258 e. The second-order valence-electron chi connectivity index (χ2n) is 15.0.